The van der Waals surface area contributed by atoms with Gasteiger partial charge in [-0.15, -0.1) is 10.2 Å². The van der Waals surface area contributed by atoms with Crippen molar-refractivity contribution < 1.29 is 0 Å². The van der Waals surface area contributed by atoms with E-state index in [0.29, 0.717) is 16.2 Å². The molecule has 1 heterocycles. The summed E-state index contributed by atoms with van der Waals surface area (Å²) in [7, 11) is 0. The molecule has 7 heteroatoms. The van der Waals surface area contributed by atoms with Crippen molar-refractivity contribution in [1.82, 2.24) is 15.0 Å². The van der Waals surface area contributed by atoms with Crippen LogP contribution in [-0.4, -0.2) is 15.0 Å². The first-order valence-electron chi connectivity index (χ1n) is 5.44. The Balaban J connectivity index is 2.10. The quantitative estimate of drug-likeness (QED) is 0.400. The second kappa shape index (κ2) is 4.61. The van der Waals surface area contributed by atoms with Crippen molar-refractivity contribution in [3.05, 3.63) is 57.9 Å². The topological polar surface area (TPSA) is 79.5 Å². The van der Waals surface area contributed by atoms with Gasteiger partial charge in [0.15, 0.2) is 0 Å². The summed E-state index contributed by atoms with van der Waals surface area (Å²) in [6, 6.07) is 12.4. The Labute approximate surface area is 112 Å². The van der Waals surface area contributed by atoms with Gasteiger partial charge in [-0.2, -0.15) is 4.80 Å². The molecule has 3 rings (SSSR count). The maximum absolute atomic E-state index is 8.41. The maximum Gasteiger partial charge on any atom is 0.114 e. The second-order valence-corrected chi connectivity index (χ2v) is 4.26. The lowest BCUT2D eigenvalue weighted by molar-refractivity contribution is 0.766. The van der Waals surface area contributed by atoms with Gasteiger partial charge >= 0.3 is 0 Å². The Morgan fingerprint density at radius 1 is 1.05 bits per heavy atom. The van der Waals surface area contributed by atoms with Crippen LogP contribution in [-0.2, 0) is 0 Å². The minimum absolute atomic E-state index is 0.512. The summed E-state index contributed by atoms with van der Waals surface area (Å²) in [5.41, 5.74) is 11.1. The average molecular weight is 271 g/mol. The van der Waals surface area contributed by atoms with Gasteiger partial charge in [-0.3, -0.25) is 0 Å². The fourth-order valence-electron chi connectivity index (χ4n) is 1.71. The second-order valence-electron chi connectivity index (χ2n) is 3.83. The van der Waals surface area contributed by atoms with Crippen molar-refractivity contribution >= 4 is 28.3 Å². The summed E-state index contributed by atoms with van der Waals surface area (Å²) < 4.78 is 0. The SMILES string of the molecule is [N-]=[N+]=Nc1ccc2nn(-c3ccc(Cl)cc3)nc2c1. The van der Waals surface area contributed by atoms with E-state index in [2.05, 4.69) is 20.2 Å². The first-order valence-corrected chi connectivity index (χ1v) is 5.82. The zero-order valence-electron chi connectivity index (χ0n) is 9.60. The molecular weight excluding hydrogens is 264 g/mol. The Hall–Kier alpha value is -2.56. The van der Waals surface area contributed by atoms with Gasteiger partial charge in [-0.25, -0.2) is 0 Å². The Morgan fingerprint density at radius 2 is 1.79 bits per heavy atom. The predicted octanol–water partition coefficient (Wildman–Crippen LogP) is 4.02. The molecule has 0 atom stereocenters. The molecule has 0 aliphatic heterocycles. The zero-order chi connectivity index (χ0) is 13.2. The molecule has 0 radical (unpaired) electrons. The number of halogens is 1. The van der Waals surface area contributed by atoms with Gasteiger partial charge in [0, 0.05) is 15.6 Å². The van der Waals surface area contributed by atoms with Gasteiger partial charge in [0.05, 0.1) is 5.69 Å². The largest absolute Gasteiger partial charge is 0.150 e. The summed E-state index contributed by atoms with van der Waals surface area (Å²) in [6.45, 7) is 0. The first kappa shape index (κ1) is 11.5. The van der Waals surface area contributed by atoms with E-state index in [0.717, 1.165) is 11.2 Å². The molecular formula is C12H7ClN6. The van der Waals surface area contributed by atoms with E-state index in [1.54, 1.807) is 30.3 Å². The van der Waals surface area contributed by atoms with E-state index < -0.39 is 0 Å². The summed E-state index contributed by atoms with van der Waals surface area (Å²) in [4.78, 5) is 4.26. The number of fused-ring (bicyclic) bond motifs is 1. The molecule has 92 valence electrons. The number of hydrogen-bond donors (Lipinski definition) is 0. The van der Waals surface area contributed by atoms with Gasteiger partial charge < -0.3 is 0 Å². The van der Waals surface area contributed by atoms with Crippen LogP contribution in [0.2, 0.25) is 5.02 Å². The van der Waals surface area contributed by atoms with Crippen molar-refractivity contribution in [1.29, 1.82) is 0 Å². The van der Waals surface area contributed by atoms with Crippen LogP contribution in [0.5, 0.6) is 0 Å². The lowest BCUT2D eigenvalue weighted by Gasteiger charge is -1.97. The zero-order valence-corrected chi connectivity index (χ0v) is 10.4. The smallest absolute Gasteiger partial charge is 0.114 e. The van der Waals surface area contributed by atoms with Crippen molar-refractivity contribution in [2.45, 2.75) is 0 Å². The molecule has 1 aromatic heterocycles. The summed E-state index contributed by atoms with van der Waals surface area (Å²) in [5, 5.41) is 12.9. The standard InChI is InChI=1S/C12H7ClN6/c13-8-1-4-10(5-2-8)19-16-11-6-3-9(15-18-14)7-12(11)17-19/h1-7H. The van der Waals surface area contributed by atoms with Gasteiger partial charge in [0.25, 0.3) is 0 Å². The molecule has 0 spiro atoms. The van der Waals surface area contributed by atoms with E-state index >= 15 is 0 Å². The van der Waals surface area contributed by atoms with Gasteiger partial charge in [-0.1, -0.05) is 22.8 Å². The summed E-state index contributed by atoms with van der Waals surface area (Å²) in [6.07, 6.45) is 0. The molecule has 0 aliphatic rings. The van der Waals surface area contributed by atoms with Gasteiger partial charge in [-0.05, 0) is 41.9 Å². The number of aromatic nitrogens is 3. The fraction of sp³-hybridized carbons (Fsp3) is 0. The molecule has 0 bridgehead atoms. The highest BCUT2D eigenvalue weighted by molar-refractivity contribution is 6.30. The molecule has 0 saturated heterocycles. The number of rotatable bonds is 2. The third-order valence-electron chi connectivity index (χ3n) is 2.58. The fourth-order valence-corrected chi connectivity index (χ4v) is 1.83. The monoisotopic (exact) mass is 270 g/mol. The molecule has 0 fully saturated rings. The molecule has 0 unspecified atom stereocenters. The lowest BCUT2D eigenvalue weighted by atomic mass is 10.3. The number of benzene rings is 2. The Kier molecular flexibility index (Phi) is 2.79. The summed E-state index contributed by atoms with van der Waals surface area (Å²) in [5.74, 6) is 0. The molecule has 6 nitrogen and oxygen atoms in total. The molecule has 19 heavy (non-hydrogen) atoms. The number of nitrogens with zero attached hydrogens (tertiary/aromatic N) is 6. The molecule has 0 saturated carbocycles. The number of hydrogen-bond acceptors (Lipinski definition) is 3. The first-order chi connectivity index (χ1) is 9.26. The molecule has 0 N–H and O–H groups in total. The van der Waals surface area contributed by atoms with Crippen LogP contribution in [0.25, 0.3) is 27.2 Å². The van der Waals surface area contributed by atoms with Crippen molar-refractivity contribution in [2.75, 3.05) is 0 Å². The molecule has 2 aromatic carbocycles. The van der Waals surface area contributed by atoms with E-state index in [4.69, 9.17) is 17.1 Å². The Bertz CT molecular complexity index is 786. The van der Waals surface area contributed by atoms with E-state index in [1.165, 1.54) is 4.80 Å². The van der Waals surface area contributed by atoms with Crippen LogP contribution < -0.4 is 0 Å². The number of azide groups is 1. The van der Waals surface area contributed by atoms with Crippen molar-refractivity contribution in [3.63, 3.8) is 0 Å². The molecule has 0 aliphatic carbocycles. The highest BCUT2D eigenvalue weighted by Crippen LogP contribution is 2.20. The summed E-state index contributed by atoms with van der Waals surface area (Å²) >= 11 is 5.84. The van der Waals surface area contributed by atoms with Crippen molar-refractivity contribution in [2.24, 2.45) is 5.11 Å². The molecule has 0 amide bonds. The predicted molar refractivity (Wildman–Crippen MR) is 72.7 cm³/mol. The van der Waals surface area contributed by atoms with Crippen LogP contribution in [0.1, 0.15) is 0 Å². The minimum Gasteiger partial charge on any atom is -0.150 e. The third kappa shape index (κ3) is 2.22. The van der Waals surface area contributed by atoms with Crippen molar-refractivity contribution in [3.8, 4) is 5.69 Å². The highest BCUT2D eigenvalue weighted by Gasteiger charge is 2.05. The van der Waals surface area contributed by atoms with Crippen LogP contribution in [0.3, 0.4) is 0 Å². The van der Waals surface area contributed by atoms with Crippen LogP contribution in [0.15, 0.2) is 47.6 Å². The van der Waals surface area contributed by atoms with E-state index in [1.807, 2.05) is 12.1 Å². The highest BCUT2D eigenvalue weighted by atomic mass is 35.5. The maximum atomic E-state index is 8.41. The van der Waals surface area contributed by atoms with Crippen LogP contribution in [0.4, 0.5) is 5.69 Å². The van der Waals surface area contributed by atoms with Crippen LogP contribution >= 0.6 is 11.6 Å². The average Bonchev–Trinajstić information content (AvgIpc) is 2.83. The van der Waals surface area contributed by atoms with E-state index in [9.17, 15) is 0 Å². The molecule has 3 aromatic rings. The minimum atomic E-state index is 0.512. The van der Waals surface area contributed by atoms with Crippen LogP contribution in [0, 0.1) is 0 Å². The normalized spacial score (nSPS) is 10.4. The van der Waals surface area contributed by atoms with Gasteiger partial charge in [0.1, 0.15) is 11.0 Å². The Morgan fingerprint density at radius 3 is 2.53 bits per heavy atom. The van der Waals surface area contributed by atoms with E-state index in [-0.39, 0.29) is 0 Å². The third-order valence-corrected chi connectivity index (χ3v) is 2.83. The van der Waals surface area contributed by atoms with Gasteiger partial charge in [0.2, 0.25) is 0 Å². The lowest BCUT2D eigenvalue weighted by Crippen LogP contribution is -1.97.